The summed E-state index contributed by atoms with van der Waals surface area (Å²) in [4.78, 5) is 0. The van der Waals surface area contributed by atoms with E-state index >= 15 is 0 Å². The zero-order valence-electron chi connectivity index (χ0n) is 20.1. The van der Waals surface area contributed by atoms with Crippen LogP contribution in [0, 0.1) is 6.92 Å². The van der Waals surface area contributed by atoms with Crippen LogP contribution in [-0.4, -0.2) is 0 Å². The smallest absolute Gasteiger partial charge is 0.201 e. The van der Waals surface area contributed by atoms with E-state index in [0.29, 0.717) is 5.56 Å². The second kappa shape index (κ2) is 5.81. The number of rotatable bonds is 2. The molecule has 0 saturated carbocycles. The van der Waals surface area contributed by atoms with Crippen molar-refractivity contribution in [3.8, 4) is 22.4 Å². The molecule has 0 aliphatic heterocycles. The molecule has 0 radical (unpaired) electrons. The Labute approximate surface area is 163 Å². The van der Waals surface area contributed by atoms with Crippen LogP contribution in [0.15, 0.2) is 54.7 Å². The van der Waals surface area contributed by atoms with E-state index in [1.807, 2.05) is 38.4 Å². The Hall–Kier alpha value is -2.41. The van der Waals surface area contributed by atoms with Crippen LogP contribution < -0.4 is 4.57 Å². The lowest BCUT2D eigenvalue weighted by Crippen LogP contribution is -2.30. The molecule has 1 atom stereocenters. The van der Waals surface area contributed by atoms with Crippen molar-refractivity contribution in [2.75, 3.05) is 0 Å². The number of nitrogens with zero attached hydrogens (tertiary/aromatic N) is 1. The monoisotopic (exact) mass is 346 g/mol. The normalized spacial score (nSPS) is 19.4. The summed E-state index contributed by atoms with van der Waals surface area (Å²) in [6.07, 6.45) is 2.00. The average molecular weight is 347 g/mol. The summed E-state index contributed by atoms with van der Waals surface area (Å²) >= 11 is 0. The first-order chi connectivity index (χ1) is 13.9. The molecule has 0 amide bonds. The molecule has 3 aromatic rings. The Balaban J connectivity index is 2.19. The van der Waals surface area contributed by atoms with Crippen molar-refractivity contribution >= 4 is 0 Å². The minimum atomic E-state index is -2.43. The van der Waals surface area contributed by atoms with Gasteiger partial charge in [-0.25, -0.2) is 4.57 Å². The lowest BCUT2D eigenvalue weighted by Gasteiger charge is -2.24. The molecule has 0 N–H and O–H groups in total. The van der Waals surface area contributed by atoms with Gasteiger partial charge in [0, 0.05) is 28.6 Å². The highest BCUT2D eigenvalue weighted by molar-refractivity contribution is 5.93. The first-order valence-corrected chi connectivity index (χ1v) is 9.12. The molecule has 1 heterocycles. The van der Waals surface area contributed by atoms with Gasteiger partial charge >= 0.3 is 0 Å². The zero-order chi connectivity index (χ0) is 22.1. The summed E-state index contributed by atoms with van der Waals surface area (Å²) in [6, 6.07) is 16.5. The first-order valence-electron chi connectivity index (χ1n) is 11.1. The van der Waals surface area contributed by atoms with Crippen LogP contribution >= 0.6 is 0 Å². The Kier molecular flexibility index (Phi) is 2.87. The fourth-order valence-corrected chi connectivity index (χ4v) is 4.44. The van der Waals surface area contributed by atoms with Gasteiger partial charge in [-0.1, -0.05) is 58.0 Å². The lowest BCUT2D eigenvalue weighted by atomic mass is 9.79. The van der Waals surface area contributed by atoms with Crippen molar-refractivity contribution in [2.45, 2.75) is 45.9 Å². The van der Waals surface area contributed by atoms with Crippen molar-refractivity contribution in [3.63, 3.8) is 0 Å². The van der Waals surface area contributed by atoms with Gasteiger partial charge in [0.15, 0.2) is 6.20 Å². The third kappa shape index (κ3) is 2.26. The molecule has 1 nitrogen and oxygen atoms in total. The number of fused-ring (bicyclic) bond motifs is 3. The third-order valence-electron chi connectivity index (χ3n) is 5.85. The van der Waals surface area contributed by atoms with E-state index in [9.17, 15) is 0 Å². The molecule has 0 saturated heterocycles. The Bertz CT molecular complexity index is 1160. The van der Waals surface area contributed by atoms with Crippen LogP contribution in [0.4, 0.5) is 0 Å². The Morgan fingerprint density at radius 1 is 1.04 bits per heavy atom. The van der Waals surface area contributed by atoms with Crippen LogP contribution in [0.5, 0.6) is 0 Å². The van der Waals surface area contributed by atoms with Crippen molar-refractivity contribution in [3.05, 3.63) is 77.0 Å². The van der Waals surface area contributed by atoms with E-state index in [4.69, 9.17) is 5.48 Å². The van der Waals surface area contributed by atoms with Crippen LogP contribution in [0.2, 0.25) is 0 Å². The van der Waals surface area contributed by atoms with Crippen LogP contribution in [0.3, 0.4) is 0 Å². The molecule has 4 rings (SSSR count). The molecular weight excluding hydrogens is 314 g/mol. The molecule has 0 spiro atoms. The molecule has 1 unspecified atom stereocenters. The SMILES string of the molecule is [2H]C([2H])([2H])C([2H])(C)c1cc2c(c(-c3cccc[n+]3C)c1C)-c1ccccc1C2(C)C. The second-order valence-electron chi connectivity index (χ2n) is 7.84. The van der Waals surface area contributed by atoms with Gasteiger partial charge in [0.25, 0.3) is 0 Å². The van der Waals surface area contributed by atoms with Crippen LogP contribution in [0.25, 0.3) is 22.4 Å². The summed E-state index contributed by atoms with van der Waals surface area (Å²) in [5.41, 5.74) is 7.85. The van der Waals surface area contributed by atoms with Crippen molar-refractivity contribution in [1.29, 1.82) is 0 Å². The second-order valence-corrected chi connectivity index (χ2v) is 7.84. The number of aryl methyl sites for hydroxylation is 1. The van der Waals surface area contributed by atoms with E-state index in [-0.39, 0.29) is 5.41 Å². The van der Waals surface area contributed by atoms with Gasteiger partial charge in [0.05, 0.1) is 5.56 Å². The van der Waals surface area contributed by atoms with Gasteiger partial charge in [-0.15, -0.1) is 0 Å². The van der Waals surface area contributed by atoms with Gasteiger partial charge in [-0.3, -0.25) is 0 Å². The van der Waals surface area contributed by atoms with Gasteiger partial charge < -0.3 is 0 Å². The van der Waals surface area contributed by atoms with Gasteiger partial charge in [-0.05, 0) is 46.7 Å². The van der Waals surface area contributed by atoms with E-state index in [2.05, 4.69) is 48.7 Å². The molecule has 1 aliphatic rings. The highest BCUT2D eigenvalue weighted by Crippen LogP contribution is 2.53. The van der Waals surface area contributed by atoms with Gasteiger partial charge in [0.2, 0.25) is 5.69 Å². The van der Waals surface area contributed by atoms with Crippen LogP contribution in [-0.2, 0) is 12.5 Å². The summed E-state index contributed by atoms with van der Waals surface area (Å²) in [5.74, 6) is -1.71. The van der Waals surface area contributed by atoms with Crippen molar-refractivity contribution in [1.82, 2.24) is 0 Å². The molecule has 0 bridgehead atoms. The Morgan fingerprint density at radius 2 is 1.77 bits per heavy atom. The maximum absolute atomic E-state index is 8.86. The molecule has 1 aliphatic carbocycles. The van der Waals surface area contributed by atoms with E-state index in [1.165, 1.54) is 18.1 Å². The zero-order valence-corrected chi connectivity index (χ0v) is 16.1. The fourth-order valence-electron chi connectivity index (χ4n) is 4.44. The number of pyridine rings is 1. The standard InChI is InChI=1S/C25H28N/c1-16(2)19-15-21-24(18-11-7-8-12-20(18)25(21,4)5)23(17(19)3)22-13-9-10-14-26(22)6/h7-16H,1-6H3/q+1/i1D3,16D. The topological polar surface area (TPSA) is 3.88 Å². The Morgan fingerprint density at radius 3 is 2.50 bits per heavy atom. The molecule has 2 aromatic carbocycles. The molecular formula is C25H28N+. The average Bonchev–Trinajstić information content (AvgIpc) is 2.89. The van der Waals surface area contributed by atoms with Gasteiger partial charge in [-0.2, -0.15) is 0 Å². The summed E-state index contributed by atoms with van der Waals surface area (Å²) in [7, 11) is 2.00. The highest BCUT2D eigenvalue weighted by atomic mass is 14.9. The third-order valence-corrected chi connectivity index (χ3v) is 5.85. The fraction of sp³-hybridized carbons (Fsp3) is 0.320. The number of hydrogen-bond acceptors (Lipinski definition) is 0. The van der Waals surface area contributed by atoms with Crippen molar-refractivity contribution < 1.29 is 10.1 Å². The first kappa shape index (κ1) is 12.9. The van der Waals surface area contributed by atoms with Gasteiger partial charge in [0.1, 0.15) is 7.05 Å². The molecule has 0 fully saturated rings. The number of benzene rings is 2. The number of aromatic nitrogens is 1. The molecule has 1 aromatic heterocycles. The quantitative estimate of drug-likeness (QED) is 0.507. The minimum absolute atomic E-state index is 0.276. The molecule has 26 heavy (non-hydrogen) atoms. The van der Waals surface area contributed by atoms with Crippen molar-refractivity contribution in [2.24, 2.45) is 7.05 Å². The lowest BCUT2D eigenvalue weighted by molar-refractivity contribution is -0.660. The predicted octanol–water partition coefficient (Wildman–Crippen LogP) is 5.92. The molecule has 132 valence electrons. The largest absolute Gasteiger partial charge is 0.213 e. The predicted molar refractivity (Wildman–Crippen MR) is 109 cm³/mol. The van der Waals surface area contributed by atoms with E-state index in [0.717, 1.165) is 27.9 Å². The maximum atomic E-state index is 8.86. The molecule has 1 heteroatoms. The maximum Gasteiger partial charge on any atom is 0.213 e. The van der Waals surface area contributed by atoms with E-state index in [1.54, 1.807) is 0 Å². The summed E-state index contributed by atoms with van der Waals surface area (Å²) in [6.45, 7) is 5.41. The van der Waals surface area contributed by atoms with Crippen LogP contribution in [0.1, 0.15) is 61.3 Å². The van der Waals surface area contributed by atoms with E-state index < -0.39 is 12.7 Å². The summed E-state index contributed by atoms with van der Waals surface area (Å²) < 4.78 is 35.1. The minimum Gasteiger partial charge on any atom is -0.201 e. The highest BCUT2D eigenvalue weighted by Gasteiger charge is 2.39. The summed E-state index contributed by atoms with van der Waals surface area (Å²) in [5, 5.41) is 0. The number of hydrogen-bond donors (Lipinski definition) is 0.